The predicted molar refractivity (Wildman–Crippen MR) is 111 cm³/mol. The standard InChI is InChI=1S/C17H33N5O.HI/c1-15(2)14-23-13-7-9-21-17(18-4)20-8-5-6-11-22-12-10-19-16(22)3;/h10,12,15H,5-9,11,13-14H2,1-4H3,(H2,18,20,21);1H. The molecule has 0 saturated heterocycles. The Morgan fingerprint density at radius 1 is 1.25 bits per heavy atom. The highest BCUT2D eigenvalue weighted by atomic mass is 127. The van der Waals surface area contributed by atoms with Gasteiger partial charge in [-0.25, -0.2) is 4.98 Å². The summed E-state index contributed by atoms with van der Waals surface area (Å²) in [5, 5.41) is 6.66. The number of guanidine groups is 1. The number of aryl methyl sites for hydroxylation is 2. The van der Waals surface area contributed by atoms with Gasteiger partial charge < -0.3 is 19.9 Å². The van der Waals surface area contributed by atoms with Crippen LogP contribution in [0.1, 0.15) is 38.9 Å². The van der Waals surface area contributed by atoms with Crippen molar-refractivity contribution < 1.29 is 4.74 Å². The molecule has 6 nitrogen and oxygen atoms in total. The normalized spacial score (nSPS) is 11.5. The smallest absolute Gasteiger partial charge is 0.190 e. The molecule has 1 rings (SSSR count). The molecule has 0 unspecified atom stereocenters. The molecule has 1 heterocycles. The van der Waals surface area contributed by atoms with Gasteiger partial charge in [0.15, 0.2) is 5.96 Å². The van der Waals surface area contributed by atoms with Crippen LogP contribution in [0.4, 0.5) is 0 Å². The zero-order valence-corrected chi connectivity index (χ0v) is 17.9. The summed E-state index contributed by atoms with van der Waals surface area (Å²) >= 11 is 0. The Morgan fingerprint density at radius 3 is 2.54 bits per heavy atom. The van der Waals surface area contributed by atoms with Crippen LogP contribution in [0.15, 0.2) is 17.4 Å². The van der Waals surface area contributed by atoms with Crippen LogP contribution in [0.2, 0.25) is 0 Å². The van der Waals surface area contributed by atoms with Gasteiger partial charge in [-0.3, -0.25) is 4.99 Å². The highest BCUT2D eigenvalue weighted by molar-refractivity contribution is 14.0. The van der Waals surface area contributed by atoms with Crippen LogP contribution in [-0.2, 0) is 11.3 Å². The summed E-state index contributed by atoms with van der Waals surface area (Å²) in [5.41, 5.74) is 0. The molecule has 24 heavy (non-hydrogen) atoms. The van der Waals surface area contributed by atoms with Crippen LogP contribution in [0.25, 0.3) is 0 Å². The molecule has 0 aromatic carbocycles. The van der Waals surface area contributed by atoms with Gasteiger partial charge >= 0.3 is 0 Å². The van der Waals surface area contributed by atoms with Crippen molar-refractivity contribution >= 4 is 29.9 Å². The molecule has 140 valence electrons. The molecule has 1 aromatic heterocycles. The van der Waals surface area contributed by atoms with E-state index in [-0.39, 0.29) is 24.0 Å². The Kier molecular flexibility index (Phi) is 14.0. The number of ether oxygens (including phenoxy) is 1. The average molecular weight is 451 g/mol. The number of nitrogens with one attached hydrogen (secondary N) is 2. The number of aliphatic imine (C=N–C) groups is 1. The molecule has 0 spiro atoms. The molecule has 1 aromatic rings. The molecule has 0 aliphatic rings. The molecule has 7 heteroatoms. The minimum Gasteiger partial charge on any atom is -0.381 e. The molecule has 0 amide bonds. The minimum atomic E-state index is 0. The van der Waals surface area contributed by atoms with Crippen molar-refractivity contribution in [3.63, 3.8) is 0 Å². The maximum absolute atomic E-state index is 5.56. The maximum atomic E-state index is 5.56. The van der Waals surface area contributed by atoms with Gasteiger partial charge in [0.1, 0.15) is 5.82 Å². The van der Waals surface area contributed by atoms with Crippen LogP contribution in [-0.4, -0.2) is 48.9 Å². The van der Waals surface area contributed by atoms with E-state index in [9.17, 15) is 0 Å². The highest BCUT2D eigenvalue weighted by Crippen LogP contribution is 1.99. The first kappa shape index (κ1) is 23.2. The summed E-state index contributed by atoms with van der Waals surface area (Å²) in [6.45, 7) is 10.8. The Labute approximate surface area is 163 Å². The van der Waals surface area contributed by atoms with E-state index >= 15 is 0 Å². The minimum absolute atomic E-state index is 0. The van der Waals surface area contributed by atoms with Crippen LogP contribution >= 0.6 is 24.0 Å². The fraction of sp³-hybridized carbons (Fsp3) is 0.765. The number of hydrogen-bond acceptors (Lipinski definition) is 3. The van der Waals surface area contributed by atoms with Crippen molar-refractivity contribution in [2.75, 3.05) is 33.4 Å². The number of imidazole rings is 1. The molecule has 0 radical (unpaired) electrons. The second-order valence-electron chi connectivity index (χ2n) is 6.12. The van der Waals surface area contributed by atoms with Crippen molar-refractivity contribution in [1.29, 1.82) is 0 Å². The number of halogens is 1. The van der Waals surface area contributed by atoms with Crippen LogP contribution < -0.4 is 10.6 Å². The SMILES string of the molecule is CN=C(NCCCCn1ccnc1C)NCCCOCC(C)C.I. The molecule has 0 fully saturated rings. The first-order chi connectivity index (χ1) is 11.1. The molecular formula is C17H34IN5O. The third kappa shape index (κ3) is 10.9. The zero-order valence-electron chi connectivity index (χ0n) is 15.5. The molecule has 0 aliphatic carbocycles. The summed E-state index contributed by atoms with van der Waals surface area (Å²) in [6, 6.07) is 0. The van der Waals surface area contributed by atoms with Crippen molar-refractivity contribution in [2.45, 2.75) is 46.6 Å². The van der Waals surface area contributed by atoms with E-state index in [0.29, 0.717) is 5.92 Å². The van der Waals surface area contributed by atoms with E-state index in [4.69, 9.17) is 4.74 Å². The van der Waals surface area contributed by atoms with E-state index in [0.717, 1.165) is 63.9 Å². The van der Waals surface area contributed by atoms with Crippen molar-refractivity contribution in [2.24, 2.45) is 10.9 Å². The molecule has 0 saturated carbocycles. The van der Waals surface area contributed by atoms with Gasteiger partial charge in [-0.2, -0.15) is 0 Å². The van der Waals surface area contributed by atoms with E-state index in [1.165, 1.54) is 0 Å². The third-order valence-corrected chi connectivity index (χ3v) is 3.47. The highest BCUT2D eigenvalue weighted by Gasteiger charge is 1.99. The van der Waals surface area contributed by atoms with Gasteiger partial charge in [0, 0.05) is 52.3 Å². The average Bonchev–Trinajstić information content (AvgIpc) is 2.93. The van der Waals surface area contributed by atoms with Crippen LogP contribution in [0.5, 0.6) is 0 Å². The number of nitrogens with zero attached hydrogens (tertiary/aromatic N) is 3. The van der Waals surface area contributed by atoms with Crippen molar-refractivity contribution in [3.8, 4) is 0 Å². The topological polar surface area (TPSA) is 63.5 Å². The lowest BCUT2D eigenvalue weighted by atomic mass is 10.2. The van der Waals surface area contributed by atoms with E-state index in [1.54, 1.807) is 7.05 Å². The molecule has 0 aliphatic heterocycles. The summed E-state index contributed by atoms with van der Waals surface area (Å²) in [5.74, 6) is 2.55. The van der Waals surface area contributed by atoms with E-state index in [2.05, 4.69) is 39.0 Å². The molecular weight excluding hydrogens is 417 g/mol. The van der Waals surface area contributed by atoms with Gasteiger partial charge in [-0.1, -0.05) is 13.8 Å². The number of unbranched alkanes of at least 4 members (excludes halogenated alkanes) is 1. The second kappa shape index (κ2) is 14.5. The fourth-order valence-electron chi connectivity index (χ4n) is 2.17. The largest absolute Gasteiger partial charge is 0.381 e. The van der Waals surface area contributed by atoms with Gasteiger partial charge in [0.2, 0.25) is 0 Å². The van der Waals surface area contributed by atoms with E-state index < -0.39 is 0 Å². The van der Waals surface area contributed by atoms with Gasteiger partial charge in [0.05, 0.1) is 0 Å². The summed E-state index contributed by atoms with van der Waals surface area (Å²) < 4.78 is 7.75. The van der Waals surface area contributed by atoms with Crippen molar-refractivity contribution in [1.82, 2.24) is 20.2 Å². The first-order valence-electron chi connectivity index (χ1n) is 8.63. The molecule has 2 N–H and O–H groups in total. The fourth-order valence-corrected chi connectivity index (χ4v) is 2.17. The van der Waals surface area contributed by atoms with Gasteiger partial charge in [-0.15, -0.1) is 24.0 Å². The summed E-state index contributed by atoms with van der Waals surface area (Å²) in [6.07, 6.45) is 7.11. The summed E-state index contributed by atoms with van der Waals surface area (Å²) in [7, 11) is 1.81. The second-order valence-corrected chi connectivity index (χ2v) is 6.12. The van der Waals surface area contributed by atoms with Crippen LogP contribution in [0, 0.1) is 12.8 Å². The van der Waals surface area contributed by atoms with Crippen LogP contribution in [0.3, 0.4) is 0 Å². The van der Waals surface area contributed by atoms with E-state index in [1.807, 2.05) is 19.3 Å². The lowest BCUT2D eigenvalue weighted by Gasteiger charge is -2.12. The Balaban J connectivity index is 0.00000529. The molecule has 0 atom stereocenters. The predicted octanol–water partition coefficient (Wildman–Crippen LogP) is 2.82. The zero-order chi connectivity index (χ0) is 16.9. The Morgan fingerprint density at radius 2 is 1.96 bits per heavy atom. The van der Waals surface area contributed by atoms with Crippen molar-refractivity contribution in [3.05, 3.63) is 18.2 Å². The monoisotopic (exact) mass is 451 g/mol. The van der Waals surface area contributed by atoms with Gasteiger partial charge in [-0.05, 0) is 32.1 Å². The lowest BCUT2D eigenvalue weighted by Crippen LogP contribution is -2.38. The number of aromatic nitrogens is 2. The quantitative estimate of drug-likeness (QED) is 0.235. The lowest BCUT2D eigenvalue weighted by molar-refractivity contribution is 0.108. The third-order valence-electron chi connectivity index (χ3n) is 3.47. The summed E-state index contributed by atoms with van der Waals surface area (Å²) in [4.78, 5) is 8.46. The number of rotatable bonds is 11. The first-order valence-corrected chi connectivity index (χ1v) is 8.63. The van der Waals surface area contributed by atoms with Gasteiger partial charge in [0.25, 0.3) is 0 Å². The molecule has 0 bridgehead atoms. The Bertz CT molecular complexity index is 448. The maximum Gasteiger partial charge on any atom is 0.190 e. The number of hydrogen-bond donors (Lipinski definition) is 2. The Hall–Kier alpha value is -0.830.